The molecule has 10 aromatic rings. The van der Waals surface area contributed by atoms with E-state index in [2.05, 4.69) is 103 Å². The van der Waals surface area contributed by atoms with Crippen LogP contribution in [0.3, 0.4) is 0 Å². The number of anilines is 4. The minimum atomic E-state index is -0.156. The van der Waals surface area contributed by atoms with Crippen molar-refractivity contribution in [3.8, 4) is 22.5 Å². The Hall–Kier alpha value is -6.70. The molecule has 0 fully saturated rings. The Morgan fingerprint density at radius 1 is 0.517 bits per heavy atom. The molecule has 0 radical (unpaired) electrons. The first-order valence-corrected chi connectivity index (χ1v) is 24.6. The summed E-state index contributed by atoms with van der Waals surface area (Å²) in [7, 11) is 7.66. The molecule has 6 N–H and O–H groups in total. The van der Waals surface area contributed by atoms with E-state index in [1.807, 2.05) is 82.5 Å². The molecule has 0 saturated heterocycles. The number of aromatic amines is 4. The monoisotopic (exact) mass is 902 g/mol. The number of nitrogens with one attached hydrogen (secondary N) is 6. The van der Waals surface area contributed by atoms with Gasteiger partial charge in [0.1, 0.15) is 0 Å². The van der Waals surface area contributed by atoms with Crippen LogP contribution in [0.4, 0.5) is 23.0 Å². The molecule has 16 heteroatoms. The SMILES string of the molecule is C[n+]1c[nH]c2c1c(=O)[nH]c1n2c(Nc2ccc([Se][Se]c3ccc(Nc4c(-c5ccccc5)[n+](C)c5[nH]c(=O)c6c([nH]c[n+]6C)n45)cc3)cc2)c(-c2ccccc2)[n+]1C. The number of hydrogen-bond donors (Lipinski definition) is 6. The summed E-state index contributed by atoms with van der Waals surface area (Å²) in [5.41, 5.74) is 8.09. The number of aromatic nitrogens is 10. The third-order valence-corrected chi connectivity index (χ3v) is 17.7. The normalized spacial score (nSPS) is 11.7. The van der Waals surface area contributed by atoms with Crippen molar-refractivity contribution in [2.45, 2.75) is 0 Å². The van der Waals surface area contributed by atoms with E-state index in [0.717, 1.165) is 45.5 Å². The van der Waals surface area contributed by atoms with Crippen molar-refractivity contribution in [3.63, 3.8) is 0 Å². The van der Waals surface area contributed by atoms with Crippen LogP contribution in [0.15, 0.2) is 131 Å². The number of benzene rings is 4. The summed E-state index contributed by atoms with van der Waals surface area (Å²) in [4.78, 5) is 39.1. The molecule has 14 nitrogen and oxygen atoms in total. The third-order valence-electron chi connectivity index (χ3n) is 10.5. The van der Waals surface area contributed by atoms with E-state index in [0.29, 0.717) is 33.9 Å². The summed E-state index contributed by atoms with van der Waals surface area (Å²) in [6.45, 7) is 0. The Labute approximate surface area is 341 Å². The van der Waals surface area contributed by atoms with Gasteiger partial charge in [-0.25, -0.2) is 0 Å². The van der Waals surface area contributed by atoms with Gasteiger partial charge in [-0.05, 0) is 0 Å². The molecule has 0 unspecified atom stereocenters. The first-order valence-electron chi connectivity index (χ1n) is 18.5. The molecule has 58 heavy (non-hydrogen) atoms. The van der Waals surface area contributed by atoms with Gasteiger partial charge in [-0.3, -0.25) is 0 Å². The zero-order valence-corrected chi connectivity index (χ0v) is 35.3. The maximum absolute atomic E-state index is 13.1. The second-order valence-electron chi connectivity index (χ2n) is 14.1. The quantitative estimate of drug-likeness (QED) is 0.0973. The summed E-state index contributed by atoms with van der Waals surface area (Å²) in [6, 6.07) is 37.8. The standard InChI is InChI=1S/C42H34N12O2Se2/c1-49-23-43-35-33(49)39(55)47-41-51(3)31(25-11-7-5-8-12-25)37(53(35)41)45-27-15-19-29(20-16-27)57-58-30-21-17-28(18-22-30)46-38-32(26-13-9-6-10-14-26)52(4)42-48-40(56)34-36(54(38)42)44-24-50(34)2/h5-24,45-46H,1-4H3/p+4. The summed E-state index contributed by atoms with van der Waals surface area (Å²) in [6.07, 6.45) is 3.59. The van der Waals surface area contributed by atoms with Gasteiger partial charge in [0.25, 0.3) is 0 Å². The van der Waals surface area contributed by atoms with Gasteiger partial charge in [-0.15, -0.1) is 0 Å². The molecule has 0 aliphatic heterocycles. The van der Waals surface area contributed by atoms with Gasteiger partial charge in [-0.2, -0.15) is 0 Å². The zero-order valence-electron chi connectivity index (χ0n) is 31.9. The van der Waals surface area contributed by atoms with E-state index in [4.69, 9.17) is 0 Å². The van der Waals surface area contributed by atoms with Crippen molar-refractivity contribution in [3.05, 3.63) is 143 Å². The van der Waals surface area contributed by atoms with E-state index in [1.165, 1.54) is 8.92 Å². The van der Waals surface area contributed by atoms with Crippen molar-refractivity contribution < 1.29 is 18.3 Å². The Balaban J connectivity index is 0.910. The second kappa shape index (κ2) is 14.0. The van der Waals surface area contributed by atoms with E-state index in [9.17, 15) is 9.59 Å². The number of imidazole rings is 4. The van der Waals surface area contributed by atoms with Gasteiger partial charge in [0.2, 0.25) is 0 Å². The van der Waals surface area contributed by atoms with Gasteiger partial charge < -0.3 is 0 Å². The Morgan fingerprint density at radius 3 is 1.28 bits per heavy atom. The van der Waals surface area contributed by atoms with Gasteiger partial charge in [-0.1, -0.05) is 0 Å². The van der Waals surface area contributed by atoms with Crippen LogP contribution in [-0.2, 0) is 28.2 Å². The maximum atomic E-state index is 13.1. The van der Waals surface area contributed by atoms with E-state index in [-0.39, 0.29) is 37.4 Å². The predicted molar refractivity (Wildman–Crippen MR) is 226 cm³/mol. The van der Waals surface area contributed by atoms with Gasteiger partial charge in [0.15, 0.2) is 0 Å². The van der Waals surface area contributed by atoms with Crippen LogP contribution in [0.2, 0.25) is 0 Å². The molecule has 0 aliphatic rings. The van der Waals surface area contributed by atoms with E-state index < -0.39 is 0 Å². The Bertz CT molecular complexity index is 3080. The zero-order chi connectivity index (χ0) is 39.7. The molecule has 0 spiro atoms. The molecule has 0 saturated carbocycles. The van der Waals surface area contributed by atoms with Crippen LogP contribution in [0.25, 0.3) is 56.4 Å². The fraction of sp³-hybridized carbons (Fsp3) is 0.0952. The number of nitrogens with zero attached hydrogens (tertiary/aromatic N) is 6. The predicted octanol–water partition coefficient (Wildman–Crippen LogP) is 1.92. The van der Waals surface area contributed by atoms with Gasteiger partial charge >= 0.3 is 343 Å². The summed E-state index contributed by atoms with van der Waals surface area (Å²) >= 11 is 0.530. The second-order valence-corrected chi connectivity index (χ2v) is 20.4. The van der Waals surface area contributed by atoms with E-state index in [1.54, 1.807) is 21.8 Å². The van der Waals surface area contributed by atoms with Crippen molar-refractivity contribution in [2.75, 3.05) is 10.6 Å². The fourth-order valence-electron chi connectivity index (χ4n) is 7.72. The minimum absolute atomic E-state index is 0.156. The van der Waals surface area contributed by atoms with Crippen LogP contribution in [0.5, 0.6) is 0 Å². The molecule has 4 aromatic carbocycles. The number of aryl methyl sites for hydroxylation is 4. The molecule has 0 amide bonds. The Kier molecular flexibility index (Phi) is 8.64. The summed E-state index contributed by atoms with van der Waals surface area (Å²) in [5.74, 6) is 3.03. The number of H-pyrrole nitrogens is 4. The van der Waals surface area contributed by atoms with Crippen LogP contribution >= 0.6 is 0 Å². The number of hydrogen-bond acceptors (Lipinski definition) is 4. The molecule has 286 valence electrons. The molecule has 0 atom stereocenters. The molecule has 0 bridgehead atoms. The van der Waals surface area contributed by atoms with Crippen molar-refractivity contribution >= 4 is 92.1 Å². The average molecular weight is 901 g/mol. The Morgan fingerprint density at radius 2 is 0.897 bits per heavy atom. The molecule has 6 heterocycles. The van der Waals surface area contributed by atoms with Crippen molar-refractivity contribution in [2.24, 2.45) is 28.2 Å². The number of fused-ring (bicyclic) bond motifs is 6. The first-order chi connectivity index (χ1) is 28.2. The summed E-state index contributed by atoms with van der Waals surface area (Å²) in [5, 5.41) is 7.39. The van der Waals surface area contributed by atoms with Gasteiger partial charge in [0.05, 0.1) is 0 Å². The van der Waals surface area contributed by atoms with Gasteiger partial charge in [0, 0.05) is 0 Å². The van der Waals surface area contributed by atoms with Crippen LogP contribution in [0.1, 0.15) is 0 Å². The molecule has 10 rings (SSSR count). The molecular formula is C42H38N12O2Se2+4. The van der Waals surface area contributed by atoms with Crippen LogP contribution < -0.4 is 48.9 Å². The summed E-state index contributed by atoms with van der Waals surface area (Å²) < 4.78 is 14.4. The molecular weight excluding hydrogens is 862 g/mol. The van der Waals surface area contributed by atoms with Crippen LogP contribution in [-0.4, -0.2) is 55.0 Å². The fourth-order valence-corrected chi connectivity index (χ4v) is 13.7. The van der Waals surface area contributed by atoms with Crippen LogP contribution in [0, 0.1) is 0 Å². The molecule has 6 aromatic heterocycles. The van der Waals surface area contributed by atoms with Crippen molar-refractivity contribution in [1.29, 1.82) is 0 Å². The first kappa shape index (κ1) is 35.7. The van der Waals surface area contributed by atoms with E-state index >= 15 is 0 Å². The average Bonchev–Trinajstić information content (AvgIpc) is 3.97. The number of rotatable bonds is 9. The van der Waals surface area contributed by atoms with Crippen molar-refractivity contribution in [1.82, 2.24) is 28.7 Å². The molecule has 0 aliphatic carbocycles. The topological polar surface area (TPSA) is 146 Å². The third kappa shape index (κ3) is 5.84.